The van der Waals surface area contributed by atoms with E-state index in [4.69, 9.17) is 5.73 Å². The molecule has 0 heterocycles. The zero-order valence-corrected chi connectivity index (χ0v) is 13.0. The molecular formula is C15H22N2O3S. The van der Waals surface area contributed by atoms with Crippen LogP contribution < -0.4 is 10.5 Å². The van der Waals surface area contributed by atoms with Gasteiger partial charge < -0.3 is 5.73 Å². The quantitative estimate of drug-likeness (QED) is 0.885. The van der Waals surface area contributed by atoms with Gasteiger partial charge in [0.25, 0.3) is 10.0 Å². The van der Waals surface area contributed by atoms with Gasteiger partial charge in [-0.05, 0) is 43.7 Å². The van der Waals surface area contributed by atoms with Crippen LogP contribution in [0.4, 0.5) is 0 Å². The summed E-state index contributed by atoms with van der Waals surface area (Å²) < 4.78 is 26.7. The Morgan fingerprint density at radius 1 is 1.29 bits per heavy atom. The highest BCUT2D eigenvalue weighted by Gasteiger charge is 2.41. The van der Waals surface area contributed by atoms with E-state index in [2.05, 4.69) is 11.6 Å². The Labute approximate surface area is 126 Å². The van der Waals surface area contributed by atoms with Gasteiger partial charge in [-0.15, -0.1) is 0 Å². The fourth-order valence-electron chi connectivity index (χ4n) is 2.73. The molecule has 1 aliphatic rings. The van der Waals surface area contributed by atoms with Crippen molar-refractivity contribution in [1.82, 2.24) is 4.72 Å². The number of sulfonamides is 1. The van der Waals surface area contributed by atoms with Crippen LogP contribution in [0.2, 0.25) is 0 Å². The highest BCUT2D eigenvalue weighted by molar-refractivity contribution is 7.90. The molecule has 0 aromatic heterocycles. The van der Waals surface area contributed by atoms with Crippen molar-refractivity contribution in [3.05, 3.63) is 30.3 Å². The van der Waals surface area contributed by atoms with Gasteiger partial charge in [0.15, 0.2) is 0 Å². The first kappa shape index (κ1) is 16.0. The number of nitrogens with one attached hydrogen (secondary N) is 1. The van der Waals surface area contributed by atoms with Crippen molar-refractivity contribution in [3.63, 3.8) is 0 Å². The van der Waals surface area contributed by atoms with E-state index in [1.165, 1.54) is 12.1 Å². The fourth-order valence-corrected chi connectivity index (χ4v) is 3.82. The molecule has 0 radical (unpaired) electrons. The normalized spacial score (nSPS) is 26.3. The van der Waals surface area contributed by atoms with Gasteiger partial charge in [-0.3, -0.25) is 4.79 Å². The van der Waals surface area contributed by atoms with Gasteiger partial charge in [0, 0.05) is 6.54 Å². The molecule has 0 unspecified atom stereocenters. The highest BCUT2D eigenvalue weighted by Crippen LogP contribution is 2.38. The van der Waals surface area contributed by atoms with Crippen LogP contribution in [-0.4, -0.2) is 20.9 Å². The minimum absolute atomic E-state index is 0.0923. The molecule has 0 atom stereocenters. The summed E-state index contributed by atoms with van der Waals surface area (Å²) in [4.78, 5) is 12.6. The van der Waals surface area contributed by atoms with Crippen molar-refractivity contribution < 1.29 is 13.2 Å². The van der Waals surface area contributed by atoms with E-state index in [-0.39, 0.29) is 11.4 Å². The van der Waals surface area contributed by atoms with Crippen molar-refractivity contribution in [2.75, 3.05) is 6.54 Å². The first-order valence-corrected chi connectivity index (χ1v) is 8.70. The van der Waals surface area contributed by atoms with Crippen LogP contribution in [0, 0.1) is 11.3 Å². The number of rotatable bonds is 4. The maximum Gasteiger partial charge on any atom is 0.264 e. The van der Waals surface area contributed by atoms with Crippen LogP contribution in [0.5, 0.6) is 0 Å². The maximum atomic E-state index is 12.5. The molecule has 6 heteroatoms. The second kappa shape index (κ2) is 6.15. The van der Waals surface area contributed by atoms with Crippen molar-refractivity contribution in [1.29, 1.82) is 0 Å². The Bertz CT molecular complexity index is 591. The summed E-state index contributed by atoms with van der Waals surface area (Å²) in [5.41, 5.74) is 5.03. The Hall–Kier alpha value is -1.40. The molecular weight excluding hydrogens is 288 g/mol. The zero-order chi connectivity index (χ0) is 15.5. The number of hydrogen-bond donors (Lipinski definition) is 2. The summed E-state index contributed by atoms with van der Waals surface area (Å²) in [6.45, 7) is 2.31. The van der Waals surface area contributed by atoms with E-state index in [1.807, 2.05) is 0 Å². The van der Waals surface area contributed by atoms with Crippen LogP contribution in [-0.2, 0) is 14.8 Å². The van der Waals surface area contributed by atoms with E-state index in [0.717, 1.165) is 12.8 Å². The molecule has 0 bridgehead atoms. The lowest BCUT2D eigenvalue weighted by Crippen LogP contribution is -2.49. The Morgan fingerprint density at radius 2 is 1.86 bits per heavy atom. The first-order chi connectivity index (χ1) is 9.89. The third-order valence-corrected chi connectivity index (χ3v) is 5.73. The molecule has 21 heavy (non-hydrogen) atoms. The van der Waals surface area contributed by atoms with Crippen LogP contribution in [0.1, 0.15) is 32.6 Å². The largest absolute Gasteiger partial charge is 0.329 e. The van der Waals surface area contributed by atoms with E-state index in [1.54, 1.807) is 18.2 Å². The summed E-state index contributed by atoms with van der Waals surface area (Å²) in [5.74, 6) is 0.0870. The number of nitrogens with two attached hydrogens (primary N) is 1. The van der Waals surface area contributed by atoms with Gasteiger partial charge in [-0.1, -0.05) is 25.1 Å². The molecule has 1 amide bonds. The lowest BCUT2D eigenvalue weighted by molar-refractivity contribution is -0.130. The highest BCUT2D eigenvalue weighted by atomic mass is 32.2. The molecule has 3 N–H and O–H groups in total. The average molecular weight is 310 g/mol. The number of amides is 1. The first-order valence-electron chi connectivity index (χ1n) is 7.22. The SMILES string of the molecule is CC1CCC(CN)(C(=O)NS(=O)(=O)c2ccccc2)CC1. The third-order valence-electron chi connectivity index (χ3n) is 4.38. The predicted octanol–water partition coefficient (Wildman–Crippen LogP) is 1.65. The maximum absolute atomic E-state index is 12.5. The standard InChI is InChI=1S/C15H22N2O3S/c1-12-7-9-15(11-16,10-8-12)14(18)17-21(19,20)13-5-3-2-4-6-13/h2-6,12H,7-11,16H2,1H3,(H,17,18). The van der Waals surface area contributed by atoms with Gasteiger partial charge in [0.1, 0.15) is 0 Å². The second-order valence-corrected chi connectivity index (χ2v) is 7.60. The average Bonchev–Trinajstić information content (AvgIpc) is 2.49. The summed E-state index contributed by atoms with van der Waals surface area (Å²) in [6, 6.07) is 7.91. The smallest absolute Gasteiger partial charge is 0.264 e. The third kappa shape index (κ3) is 3.44. The molecule has 0 spiro atoms. The van der Waals surface area contributed by atoms with Gasteiger partial charge in [-0.2, -0.15) is 0 Å². The second-order valence-electron chi connectivity index (χ2n) is 5.91. The molecule has 2 rings (SSSR count). The molecule has 5 nitrogen and oxygen atoms in total. The summed E-state index contributed by atoms with van der Waals surface area (Å²) >= 11 is 0. The molecule has 1 fully saturated rings. The minimum Gasteiger partial charge on any atom is -0.329 e. The lowest BCUT2D eigenvalue weighted by Gasteiger charge is -2.36. The van der Waals surface area contributed by atoms with Gasteiger partial charge in [-0.25, -0.2) is 13.1 Å². The Morgan fingerprint density at radius 3 is 2.38 bits per heavy atom. The lowest BCUT2D eigenvalue weighted by atomic mass is 9.70. The number of hydrogen-bond acceptors (Lipinski definition) is 4. The summed E-state index contributed by atoms with van der Waals surface area (Å²) in [5, 5.41) is 0. The molecule has 0 aliphatic heterocycles. The predicted molar refractivity (Wildman–Crippen MR) is 80.9 cm³/mol. The number of benzene rings is 1. The molecule has 0 saturated heterocycles. The summed E-state index contributed by atoms with van der Waals surface area (Å²) in [6.07, 6.45) is 3.08. The Balaban J connectivity index is 2.17. The van der Waals surface area contributed by atoms with Gasteiger partial charge >= 0.3 is 0 Å². The van der Waals surface area contributed by atoms with Crippen LogP contribution >= 0.6 is 0 Å². The Kier molecular flexibility index (Phi) is 4.68. The minimum atomic E-state index is -3.83. The van der Waals surface area contributed by atoms with Gasteiger partial charge in [0.2, 0.25) is 5.91 Å². The van der Waals surface area contributed by atoms with Crippen molar-refractivity contribution in [3.8, 4) is 0 Å². The van der Waals surface area contributed by atoms with E-state index < -0.39 is 21.3 Å². The number of carbonyl (C=O) groups excluding carboxylic acids is 1. The number of carbonyl (C=O) groups is 1. The molecule has 116 valence electrons. The van der Waals surface area contributed by atoms with E-state index >= 15 is 0 Å². The van der Waals surface area contributed by atoms with Crippen molar-refractivity contribution >= 4 is 15.9 Å². The fraction of sp³-hybridized carbons (Fsp3) is 0.533. The topological polar surface area (TPSA) is 89.3 Å². The van der Waals surface area contributed by atoms with Crippen molar-refractivity contribution in [2.24, 2.45) is 17.1 Å². The summed E-state index contributed by atoms with van der Waals surface area (Å²) in [7, 11) is -3.83. The van der Waals surface area contributed by atoms with Crippen molar-refractivity contribution in [2.45, 2.75) is 37.5 Å². The molecule has 1 aliphatic carbocycles. The van der Waals surface area contributed by atoms with Crippen LogP contribution in [0.25, 0.3) is 0 Å². The zero-order valence-electron chi connectivity index (χ0n) is 12.2. The molecule has 1 aromatic rings. The van der Waals surface area contributed by atoms with Crippen LogP contribution in [0.3, 0.4) is 0 Å². The molecule has 1 aromatic carbocycles. The van der Waals surface area contributed by atoms with Crippen LogP contribution in [0.15, 0.2) is 35.2 Å². The van der Waals surface area contributed by atoms with Gasteiger partial charge in [0.05, 0.1) is 10.3 Å². The molecule has 1 saturated carbocycles. The van der Waals surface area contributed by atoms with E-state index in [9.17, 15) is 13.2 Å². The van der Waals surface area contributed by atoms with E-state index in [0.29, 0.717) is 18.8 Å². The monoisotopic (exact) mass is 310 g/mol.